The van der Waals surface area contributed by atoms with E-state index in [-0.39, 0.29) is 11.2 Å². The highest BCUT2D eigenvalue weighted by atomic mass is 127. The first kappa shape index (κ1) is 15.4. The van der Waals surface area contributed by atoms with Crippen LogP contribution in [0.4, 0.5) is 5.69 Å². The Morgan fingerprint density at radius 2 is 1.80 bits per heavy atom. The Morgan fingerprint density at radius 1 is 1.15 bits per heavy atom. The fourth-order valence-electron chi connectivity index (χ4n) is 1.67. The van der Waals surface area contributed by atoms with Crippen LogP contribution in [0.5, 0.6) is 0 Å². The van der Waals surface area contributed by atoms with Crippen molar-refractivity contribution in [1.82, 2.24) is 0 Å². The van der Waals surface area contributed by atoms with Crippen molar-refractivity contribution in [3.05, 3.63) is 63.7 Å². The lowest BCUT2D eigenvalue weighted by Gasteiger charge is -2.13. The molecule has 2 aromatic carbocycles. The van der Waals surface area contributed by atoms with Gasteiger partial charge in [-0.2, -0.15) is 0 Å². The molecule has 0 saturated carbocycles. The molecule has 104 valence electrons. The minimum atomic E-state index is -0.0776. The zero-order chi connectivity index (χ0) is 14.4. The zero-order valence-electron chi connectivity index (χ0n) is 11.2. The van der Waals surface area contributed by atoms with Crippen molar-refractivity contribution in [1.29, 1.82) is 0 Å². The summed E-state index contributed by atoms with van der Waals surface area (Å²) >= 11 is 3.87. The quantitative estimate of drug-likeness (QED) is 0.750. The standard InChI is InChI=1S/C16H16INOS/c1-12(20-11-13-7-3-2-4-8-13)16(19)18-15-10-6-5-9-14(15)17/h2-10,12H,11H2,1H3,(H,18,19). The lowest BCUT2D eigenvalue weighted by atomic mass is 10.2. The van der Waals surface area contributed by atoms with Crippen molar-refractivity contribution >= 4 is 45.9 Å². The SMILES string of the molecule is CC(SCc1ccccc1)C(=O)Nc1ccccc1I. The number of anilines is 1. The average molecular weight is 397 g/mol. The molecule has 0 radical (unpaired) electrons. The maximum Gasteiger partial charge on any atom is 0.237 e. The maximum absolute atomic E-state index is 12.2. The van der Waals surface area contributed by atoms with Gasteiger partial charge in [0.2, 0.25) is 5.91 Å². The van der Waals surface area contributed by atoms with Crippen LogP contribution in [-0.4, -0.2) is 11.2 Å². The molecule has 1 unspecified atom stereocenters. The number of hydrogen-bond acceptors (Lipinski definition) is 2. The second-order valence-electron chi connectivity index (χ2n) is 4.41. The third-order valence-electron chi connectivity index (χ3n) is 2.84. The monoisotopic (exact) mass is 397 g/mol. The highest BCUT2D eigenvalue weighted by Crippen LogP contribution is 2.21. The molecule has 1 amide bonds. The van der Waals surface area contributed by atoms with E-state index >= 15 is 0 Å². The number of rotatable bonds is 5. The first-order valence-corrected chi connectivity index (χ1v) is 8.50. The number of para-hydroxylation sites is 1. The summed E-state index contributed by atoms with van der Waals surface area (Å²) in [5.41, 5.74) is 2.12. The van der Waals surface area contributed by atoms with Crippen LogP contribution >= 0.6 is 34.4 Å². The first-order chi connectivity index (χ1) is 9.66. The lowest BCUT2D eigenvalue weighted by Crippen LogP contribution is -2.23. The van der Waals surface area contributed by atoms with E-state index < -0.39 is 0 Å². The van der Waals surface area contributed by atoms with E-state index in [0.717, 1.165) is 15.0 Å². The summed E-state index contributed by atoms with van der Waals surface area (Å²) in [5, 5.41) is 2.90. The number of amides is 1. The third-order valence-corrected chi connectivity index (χ3v) is 5.00. The zero-order valence-corrected chi connectivity index (χ0v) is 14.1. The summed E-state index contributed by atoms with van der Waals surface area (Å²) in [4.78, 5) is 12.2. The van der Waals surface area contributed by atoms with Crippen molar-refractivity contribution < 1.29 is 4.79 Å². The van der Waals surface area contributed by atoms with Crippen molar-refractivity contribution in [2.75, 3.05) is 5.32 Å². The fourth-order valence-corrected chi connectivity index (χ4v) is 3.04. The highest BCUT2D eigenvalue weighted by Gasteiger charge is 2.14. The molecule has 2 rings (SSSR count). The van der Waals surface area contributed by atoms with E-state index in [9.17, 15) is 4.79 Å². The highest BCUT2D eigenvalue weighted by molar-refractivity contribution is 14.1. The van der Waals surface area contributed by atoms with E-state index in [1.54, 1.807) is 11.8 Å². The number of benzene rings is 2. The van der Waals surface area contributed by atoms with Gasteiger partial charge in [0.15, 0.2) is 0 Å². The molecule has 0 heterocycles. The molecular formula is C16H16INOS. The molecule has 1 atom stereocenters. The van der Waals surface area contributed by atoms with Gasteiger partial charge in [-0.3, -0.25) is 4.79 Å². The van der Waals surface area contributed by atoms with Crippen LogP contribution in [0, 0.1) is 3.57 Å². The Hall–Kier alpha value is -1.01. The number of halogens is 1. The van der Waals surface area contributed by atoms with Gasteiger partial charge in [0.05, 0.1) is 10.9 Å². The molecule has 20 heavy (non-hydrogen) atoms. The predicted molar refractivity (Wildman–Crippen MR) is 95.0 cm³/mol. The normalized spacial score (nSPS) is 11.9. The minimum absolute atomic E-state index is 0.0510. The number of carbonyl (C=O) groups is 1. The van der Waals surface area contributed by atoms with Gasteiger partial charge in [0, 0.05) is 9.32 Å². The Bertz CT molecular complexity index is 574. The minimum Gasteiger partial charge on any atom is -0.324 e. The van der Waals surface area contributed by atoms with Crippen molar-refractivity contribution in [3.63, 3.8) is 0 Å². The molecule has 0 spiro atoms. The largest absolute Gasteiger partial charge is 0.324 e. The van der Waals surface area contributed by atoms with Crippen molar-refractivity contribution in [3.8, 4) is 0 Å². The van der Waals surface area contributed by atoms with Crippen LogP contribution in [0.2, 0.25) is 0 Å². The summed E-state index contributed by atoms with van der Waals surface area (Å²) < 4.78 is 1.05. The van der Waals surface area contributed by atoms with Gasteiger partial charge in [-0.1, -0.05) is 42.5 Å². The molecule has 4 heteroatoms. The van der Waals surface area contributed by atoms with E-state index in [4.69, 9.17) is 0 Å². The molecule has 0 fully saturated rings. The lowest BCUT2D eigenvalue weighted by molar-refractivity contribution is -0.115. The van der Waals surface area contributed by atoms with Crippen LogP contribution in [-0.2, 0) is 10.5 Å². The third kappa shape index (κ3) is 4.52. The fraction of sp³-hybridized carbons (Fsp3) is 0.188. The molecule has 0 aromatic heterocycles. The number of carbonyl (C=O) groups excluding carboxylic acids is 1. The molecule has 0 saturated heterocycles. The van der Waals surface area contributed by atoms with Gasteiger partial charge in [-0.05, 0) is 47.2 Å². The van der Waals surface area contributed by atoms with Gasteiger partial charge in [0.1, 0.15) is 0 Å². The summed E-state index contributed by atoms with van der Waals surface area (Å²) in [7, 11) is 0. The molecule has 0 aliphatic heterocycles. The van der Waals surface area contributed by atoms with E-state index in [1.807, 2.05) is 49.4 Å². The summed E-state index contributed by atoms with van der Waals surface area (Å²) in [6, 6.07) is 18.0. The maximum atomic E-state index is 12.2. The van der Waals surface area contributed by atoms with Gasteiger partial charge in [-0.25, -0.2) is 0 Å². The molecule has 0 bridgehead atoms. The van der Waals surface area contributed by atoms with Crippen LogP contribution < -0.4 is 5.32 Å². The van der Waals surface area contributed by atoms with E-state index in [2.05, 4.69) is 40.0 Å². The Labute approximate surface area is 137 Å². The van der Waals surface area contributed by atoms with Gasteiger partial charge >= 0.3 is 0 Å². The second kappa shape index (κ2) is 7.69. The Balaban J connectivity index is 1.88. The number of hydrogen-bond donors (Lipinski definition) is 1. The molecule has 0 aliphatic rings. The van der Waals surface area contributed by atoms with Crippen LogP contribution in [0.15, 0.2) is 54.6 Å². The first-order valence-electron chi connectivity index (χ1n) is 6.38. The van der Waals surface area contributed by atoms with Gasteiger partial charge in [0.25, 0.3) is 0 Å². The smallest absolute Gasteiger partial charge is 0.237 e. The van der Waals surface area contributed by atoms with Gasteiger partial charge < -0.3 is 5.32 Å². The second-order valence-corrected chi connectivity index (χ2v) is 6.90. The van der Waals surface area contributed by atoms with E-state index in [0.29, 0.717) is 0 Å². The van der Waals surface area contributed by atoms with Crippen molar-refractivity contribution in [2.24, 2.45) is 0 Å². The van der Waals surface area contributed by atoms with Crippen LogP contribution in [0.1, 0.15) is 12.5 Å². The molecule has 1 N–H and O–H groups in total. The predicted octanol–water partition coefficient (Wildman–Crippen LogP) is 4.55. The van der Waals surface area contributed by atoms with Crippen LogP contribution in [0.3, 0.4) is 0 Å². The Morgan fingerprint density at radius 3 is 2.50 bits per heavy atom. The summed E-state index contributed by atoms with van der Waals surface area (Å²) in [6.07, 6.45) is 0. The molecular weight excluding hydrogens is 381 g/mol. The molecule has 2 aromatic rings. The summed E-state index contributed by atoms with van der Waals surface area (Å²) in [5.74, 6) is 0.899. The number of nitrogens with one attached hydrogen (secondary N) is 1. The average Bonchev–Trinajstić information content (AvgIpc) is 2.48. The topological polar surface area (TPSA) is 29.1 Å². The molecule has 0 aliphatic carbocycles. The number of thioether (sulfide) groups is 1. The van der Waals surface area contributed by atoms with E-state index in [1.165, 1.54) is 5.56 Å². The van der Waals surface area contributed by atoms with Gasteiger partial charge in [-0.15, -0.1) is 11.8 Å². The van der Waals surface area contributed by atoms with Crippen molar-refractivity contribution in [2.45, 2.75) is 17.9 Å². The molecule has 2 nitrogen and oxygen atoms in total. The Kier molecular flexibility index (Phi) is 5.91. The summed E-state index contributed by atoms with van der Waals surface area (Å²) in [6.45, 7) is 1.94. The van der Waals surface area contributed by atoms with Crippen LogP contribution in [0.25, 0.3) is 0 Å².